The van der Waals surface area contributed by atoms with Gasteiger partial charge in [0.15, 0.2) is 5.75 Å². The highest BCUT2D eigenvalue weighted by Gasteiger charge is 2.29. The van der Waals surface area contributed by atoms with Gasteiger partial charge in [-0.3, -0.25) is 20.2 Å². The Kier molecular flexibility index (Phi) is 9.47. The van der Waals surface area contributed by atoms with Gasteiger partial charge in [-0.05, 0) is 57.8 Å². The second kappa shape index (κ2) is 14.1. The number of nitro benzene ring substituents is 2. The molecule has 0 aliphatic carbocycles. The first kappa shape index (κ1) is 34.3. The summed E-state index contributed by atoms with van der Waals surface area (Å²) >= 11 is 0. The third kappa shape index (κ3) is 7.09. The lowest BCUT2D eigenvalue weighted by molar-refractivity contribution is -0.396. The lowest BCUT2D eigenvalue weighted by Crippen LogP contribution is -2.27. The van der Waals surface area contributed by atoms with Crippen LogP contribution in [-0.2, 0) is 22.5 Å². The highest BCUT2D eigenvalue weighted by Crippen LogP contribution is 2.41. The van der Waals surface area contributed by atoms with Crippen molar-refractivity contribution in [2.45, 2.75) is 13.2 Å². The van der Waals surface area contributed by atoms with E-state index < -0.39 is 52.9 Å². The minimum Gasteiger partial charge on any atom is -0.505 e. The number of nitro groups is 2. The van der Waals surface area contributed by atoms with Crippen LogP contribution in [-0.4, -0.2) is 55.4 Å². The van der Waals surface area contributed by atoms with Gasteiger partial charge in [0.25, 0.3) is 5.75 Å². The average Bonchev–Trinajstić information content (AvgIpc) is 3.67. The summed E-state index contributed by atoms with van der Waals surface area (Å²) in [5, 5.41) is 87.4. The van der Waals surface area contributed by atoms with Crippen molar-refractivity contribution in [3.05, 3.63) is 116 Å². The fourth-order valence-electron chi connectivity index (χ4n) is 5.26. The van der Waals surface area contributed by atoms with Crippen LogP contribution in [0.4, 0.5) is 34.1 Å². The molecule has 0 atom stereocenters. The number of azo groups is 2. The number of aromatic carboxylic acids is 1. The topological polar surface area (TPSA) is 272 Å². The monoisotopic (exact) mass is 692 g/mol. The summed E-state index contributed by atoms with van der Waals surface area (Å²) in [7, 11) is -2.06. The number of nitrogens with zero attached hydrogens (tertiary/aromatic N) is 6. The van der Waals surface area contributed by atoms with Crippen molar-refractivity contribution in [2.75, 3.05) is 0 Å². The zero-order valence-electron chi connectivity index (χ0n) is 25.9. The Labute approximate surface area is 286 Å². The molecule has 7 rings (SSSR count). The fourth-order valence-corrected chi connectivity index (χ4v) is 5.26. The first-order valence-corrected chi connectivity index (χ1v) is 14.7. The maximum absolute atomic E-state index is 11.4. The lowest BCUT2D eigenvalue weighted by Gasteiger charge is -2.07. The maximum Gasteiger partial charge on any atom is 0.491 e. The molecule has 0 saturated carbocycles. The Hall–Kier alpha value is -6.60. The Balaban J connectivity index is 0.000000176. The molecular formula is C31H22B2N6O12. The van der Waals surface area contributed by atoms with Crippen LogP contribution in [0.3, 0.4) is 0 Å². The number of hydrogen-bond donors (Lipinski definition) is 5. The molecule has 0 spiro atoms. The summed E-state index contributed by atoms with van der Waals surface area (Å²) in [5.41, 5.74) is 1.57. The molecule has 2 heterocycles. The SMILES string of the molecule is O=C(O)c1cc2ccccc2c(N=Nc2ccc3c(c2)B(O)OC3)c1O.O=[N+]([O-])c1cc(N=Nc2ccc3c(c2)B(O)OC3)cc([N+](=O)[O-])c1O. The third-order valence-electron chi connectivity index (χ3n) is 7.80. The van der Waals surface area contributed by atoms with Gasteiger partial charge in [0.1, 0.15) is 11.3 Å². The van der Waals surface area contributed by atoms with Gasteiger partial charge >= 0.3 is 31.6 Å². The first-order chi connectivity index (χ1) is 24.4. The van der Waals surface area contributed by atoms with Gasteiger partial charge in [-0.25, -0.2) is 4.79 Å². The van der Waals surface area contributed by atoms with Crippen molar-refractivity contribution in [1.82, 2.24) is 0 Å². The standard InChI is InChI=1S/C18H13BN2O5.C13H9BN4O7/c22-17-14(18(23)24)7-10-3-1-2-4-13(10)16(17)21-20-12-6-5-11-9-26-19(25)15(11)8-12;19-13-11(17(21)22)4-9(5-12(13)18(23)24)16-15-8-2-1-7-6-25-14(20)10(7)3-8/h1-8,22,25H,9H2,(H,23,24);1-5,19-20H,6H2. The van der Waals surface area contributed by atoms with E-state index in [1.807, 2.05) is 0 Å². The Bertz CT molecular complexity index is 2270. The van der Waals surface area contributed by atoms with Crippen molar-refractivity contribution in [3.63, 3.8) is 0 Å². The molecule has 5 aromatic rings. The molecule has 0 saturated heterocycles. The lowest BCUT2D eigenvalue weighted by atomic mass is 9.79. The van der Waals surface area contributed by atoms with Gasteiger partial charge < -0.3 is 34.7 Å². The van der Waals surface area contributed by atoms with Gasteiger partial charge in [-0.1, -0.05) is 36.4 Å². The molecule has 0 bridgehead atoms. The summed E-state index contributed by atoms with van der Waals surface area (Å²) in [6.45, 7) is 0.601. The second-order valence-corrected chi connectivity index (χ2v) is 11.0. The van der Waals surface area contributed by atoms with Crippen LogP contribution < -0.4 is 10.9 Å². The molecule has 2 aliphatic rings. The van der Waals surface area contributed by atoms with Crippen LogP contribution in [0.1, 0.15) is 21.5 Å². The molecule has 5 N–H and O–H groups in total. The van der Waals surface area contributed by atoms with Gasteiger partial charge in [0.2, 0.25) is 0 Å². The number of hydrogen-bond acceptors (Lipinski definition) is 15. The summed E-state index contributed by atoms with van der Waals surface area (Å²) in [6.07, 6.45) is 0. The molecule has 2 aliphatic heterocycles. The number of phenols is 2. The molecule has 51 heavy (non-hydrogen) atoms. The smallest absolute Gasteiger partial charge is 0.491 e. The molecule has 0 radical (unpaired) electrons. The molecule has 0 aromatic heterocycles. The van der Waals surface area contributed by atoms with E-state index in [1.165, 1.54) is 12.1 Å². The zero-order chi connectivity index (χ0) is 36.4. The highest BCUT2D eigenvalue weighted by molar-refractivity contribution is 6.62. The van der Waals surface area contributed by atoms with Gasteiger partial charge in [0, 0.05) is 17.5 Å². The molecule has 18 nitrogen and oxygen atoms in total. The Morgan fingerprint density at radius 3 is 1.73 bits per heavy atom. The number of carbonyl (C=O) groups is 1. The number of carboxylic acid groups (broad SMARTS) is 1. The highest BCUT2D eigenvalue weighted by atomic mass is 16.6. The summed E-state index contributed by atoms with van der Waals surface area (Å²) in [4.78, 5) is 31.3. The van der Waals surface area contributed by atoms with Gasteiger partial charge in [0.05, 0.1) is 40.1 Å². The number of fused-ring (bicyclic) bond motifs is 3. The average molecular weight is 692 g/mol. The molecular weight excluding hydrogens is 670 g/mol. The van der Waals surface area contributed by atoms with Crippen molar-refractivity contribution in [1.29, 1.82) is 0 Å². The van der Waals surface area contributed by atoms with Crippen LogP contribution in [0.5, 0.6) is 11.5 Å². The van der Waals surface area contributed by atoms with E-state index in [4.69, 9.17) is 9.31 Å². The molecule has 20 heteroatoms. The number of phenolic OH excluding ortho intramolecular Hbond substituents is 1. The first-order valence-electron chi connectivity index (χ1n) is 14.7. The Morgan fingerprint density at radius 1 is 0.686 bits per heavy atom. The molecule has 0 unspecified atom stereocenters. The van der Waals surface area contributed by atoms with E-state index in [9.17, 15) is 50.4 Å². The van der Waals surface area contributed by atoms with E-state index >= 15 is 0 Å². The summed E-state index contributed by atoms with van der Waals surface area (Å²) in [5.74, 6) is -2.74. The van der Waals surface area contributed by atoms with E-state index in [0.29, 0.717) is 39.7 Å². The number of rotatable bonds is 7. The molecule has 5 aromatic carbocycles. The van der Waals surface area contributed by atoms with Crippen LogP contribution >= 0.6 is 0 Å². The largest absolute Gasteiger partial charge is 0.505 e. The molecule has 0 fully saturated rings. The van der Waals surface area contributed by atoms with E-state index in [-0.39, 0.29) is 23.5 Å². The van der Waals surface area contributed by atoms with Crippen LogP contribution in [0.15, 0.2) is 99.3 Å². The Morgan fingerprint density at radius 2 is 1.20 bits per heavy atom. The normalized spacial score (nSPS) is 13.4. The quantitative estimate of drug-likeness (QED) is 0.0671. The van der Waals surface area contributed by atoms with Crippen LogP contribution in [0.25, 0.3) is 10.8 Å². The molecule has 254 valence electrons. The molecule has 0 amide bonds. The van der Waals surface area contributed by atoms with E-state index in [2.05, 4.69) is 20.5 Å². The zero-order valence-corrected chi connectivity index (χ0v) is 25.9. The fraction of sp³-hybridized carbons (Fsp3) is 0.0645. The van der Waals surface area contributed by atoms with Gasteiger partial charge in [-0.2, -0.15) is 15.3 Å². The van der Waals surface area contributed by atoms with Crippen molar-refractivity contribution >= 4 is 76.0 Å². The second-order valence-electron chi connectivity index (χ2n) is 11.0. The maximum atomic E-state index is 11.4. The predicted octanol–water partition coefficient (Wildman–Crippen LogP) is 4.72. The van der Waals surface area contributed by atoms with Gasteiger partial charge in [-0.15, -0.1) is 5.11 Å². The minimum atomic E-state index is -1.25. The van der Waals surface area contributed by atoms with Crippen molar-refractivity contribution in [2.24, 2.45) is 20.5 Å². The number of aromatic hydroxyl groups is 2. The number of carboxylic acids is 1. The van der Waals surface area contributed by atoms with E-state index in [0.717, 1.165) is 23.3 Å². The summed E-state index contributed by atoms with van der Waals surface area (Å²) < 4.78 is 10.2. The van der Waals surface area contributed by atoms with E-state index in [1.54, 1.807) is 54.6 Å². The van der Waals surface area contributed by atoms with Crippen molar-refractivity contribution < 1.29 is 49.3 Å². The summed E-state index contributed by atoms with van der Waals surface area (Å²) in [6, 6.07) is 20.1. The third-order valence-corrected chi connectivity index (χ3v) is 7.80. The van der Waals surface area contributed by atoms with Crippen molar-refractivity contribution in [3.8, 4) is 11.5 Å². The number of benzene rings is 5. The predicted molar refractivity (Wildman–Crippen MR) is 180 cm³/mol. The van der Waals surface area contributed by atoms with Crippen LogP contribution in [0, 0.1) is 20.2 Å². The van der Waals surface area contributed by atoms with Crippen LogP contribution in [0.2, 0.25) is 0 Å². The minimum absolute atomic E-state index is 0.0813.